The maximum atomic E-state index is 13.5. The molecule has 0 saturated carbocycles. The minimum absolute atomic E-state index is 0.0416. The van der Waals surface area contributed by atoms with Crippen LogP contribution in [0.5, 0.6) is 11.5 Å². The largest absolute Gasteiger partial charge is 0.507 e. The van der Waals surface area contributed by atoms with Gasteiger partial charge in [-0.1, -0.05) is 58.9 Å². The number of hydrogen-bond acceptors (Lipinski definition) is 5. The van der Waals surface area contributed by atoms with Gasteiger partial charge in [0.25, 0.3) is 11.7 Å². The van der Waals surface area contributed by atoms with E-state index in [9.17, 15) is 14.7 Å². The summed E-state index contributed by atoms with van der Waals surface area (Å²) in [5, 5.41) is 11.5. The molecule has 1 aliphatic heterocycles. The van der Waals surface area contributed by atoms with Crippen molar-refractivity contribution in [2.75, 3.05) is 19.1 Å². The lowest BCUT2D eigenvalue weighted by Crippen LogP contribution is -2.29. The lowest BCUT2D eigenvalue weighted by atomic mass is 9.87. The topological polar surface area (TPSA) is 76.1 Å². The van der Waals surface area contributed by atoms with Crippen molar-refractivity contribution in [3.63, 3.8) is 0 Å². The Morgan fingerprint density at radius 3 is 2.05 bits per heavy atom. The number of aliphatic hydroxyl groups is 1. The molecule has 0 bridgehead atoms. The van der Waals surface area contributed by atoms with Crippen LogP contribution in [-0.4, -0.2) is 31.0 Å². The predicted molar refractivity (Wildman–Crippen MR) is 150 cm³/mol. The van der Waals surface area contributed by atoms with Crippen LogP contribution in [0.2, 0.25) is 0 Å². The molecular formula is C32H35NO5. The number of aliphatic hydroxyl groups excluding tert-OH is 1. The second-order valence-corrected chi connectivity index (χ2v) is 10.9. The molecule has 4 rings (SSSR count). The van der Waals surface area contributed by atoms with Crippen LogP contribution >= 0.6 is 0 Å². The highest BCUT2D eigenvalue weighted by atomic mass is 16.5. The molecule has 38 heavy (non-hydrogen) atoms. The van der Waals surface area contributed by atoms with Crippen molar-refractivity contribution >= 4 is 23.1 Å². The number of methoxy groups -OCH3 is 2. The second kappa shape index (κ2) is 10.4. The zero-order valence-electron chi connectivity index (χ0n) is 23.0. The van der Waals surface area contributed by atoms with Crippen molar-refractivity contribution < 1.29 is 24.2 Å². The highest BCUT2D eigenvalue weighted by molar-refractivity contribution is 6.51. The van der Waals surface area contributed by atoms with Crippen LogP contribution in [0.25, 0.3) is 5.76 Å². The van der Waals surface area contributed by atoms with Gasteiger partial charge in [0.05, 0.1) is 25.8 Å². The maximum absolute atomic E-state index is 13.5. The Morgan fingerprint density at radius 2 is 1.53 bits per heavy atom. The van der Waals surface area contributed by atoms with Crippen molar-refractivity contribution in [1.82, 2.24) is 0 Å². The van der Waals surface area contributed by atoms with Gasteiger partial charge in [-0.15, -0.1) is 0 Å². The van der Waals surface area contributed by atoms with Gasteiger partial charge >= 0.3 is 0 Å². The van der Waals surface area contributed by atoms with E-state index in [0.717, 1.165) is 11.1 Å². The molecule has 1 N–H and O–H groups in total. The Bertz CT molecular complexity index is 1380. The molecule has 1 amide bonds. The summed E-state index contributed by atoms with van der Waals surface area (Å²) in [6.07, 6.45) is 0. The number of hydrogen-bond donors (Lipinski definition) is 1. The number of carbonyl (C=O) groups excluding carboxylic acids is 2. The van der Waals surface area contributed by atoms with Crippen molar-refractivity contribution in [3.05, 3.63) is 94.6 Å². The summed E-state index contributed by atoms with van der Waals surface area (Å²) in [5.74, 6) is -0.167. The fourth-order valence-corrected chi connectivity index (χ4v) is 4.81. The first-order chi connectivity index (χ1) is 18.0. The molecule has 0 spiro atoms. The lowest BCUT2D eigenvalue weighted by molar-refractivity contribution is -0.132. The number of nitrogens with zero attached hydrogens (tertiary/aromatic N) is 1. The molecule has 1 unspecified atom stereocenters. The first kappa shape index (κ1) is 27.0. The summed E-state index contributed by atoms with van der Waals surface area (Å²) < 4.78 is 10.8. The van der Waals surface area contributed by atoms with Crippen LogP contribution in [-0.2, 0) is 15.0 Å². The van der Waals surface area contributed by atoms with E-state index in [4.69, 9.17) is 9.47 Å². The molecule has 1 fully saturated rings. The fourth-order valence-electron chi connectivity index (χ4n) is 4.81. The number of amides is 1. The van der Waals surface area contributed by atoms with Gasteiger partial charge in [-0.2, -0.15) is 0 Å². The SMILES string of the molecule is COc1ccc(C2/C(=C(/O)c3ccc(OC)c(C(C)C)c3)C(=O)C(=O)N2c2ccc(C(C)(C)C)cc2)cc1. The van der Waals surface area contributed by atoms with E-state index >= 15 is 0 Å². The molecule has 3 aromatic carbocycles. The predicted octanol–water partition coefficient (Wildman–Crippen LogP) is 6.75. The molecule has 0 radical (unpaired) electrons. The summed E-state index contributed by atoms with van der Waals surface area (Å²) >= 11 is 0. The van der Waals surface area contributed by atoms with Gasteiger partial charge in [-0.25, -0.2) is 0 Å². The quantitative estimate of drug-likeness (QED) is 0.224. The zero-order chi connectivity index (χ0) is 27.8. The highest BCUT2D eigenvalue weighted by Crippen LogP contribution is 2.43. The molecule has 1 heterocycles. The third kappa shape index (κ3) is 4.91. The van der Waals surface area contributed by atoms with E-state index < -0.39 is 17.7 Å². The van der Waals surface area contributed by atoms with Crippen LogP contribution in [0.3, 0.4) is 0 Å². The summed E-state index contributed by atoms with van der Waals surface area (Å²) in [4.78, 5) is 28.5. The Kier molecular flexibility index (Phi) is 7.36. The van der Waals surface area contributed by atoms with E-state index in [0.29, 0.717) is 28.3 Å². The van der Waals surface area contributed by atoms with E-state index in [2.05, 4.69) is 20.8 Å². The summed E-state index contributed by atoms with van der Waals surface area (Å²) in [5.41, 5.74) is 3.70. The molecular weight excluding hydrogens is 478 g/mol. The zero-order valence-corrected chi connectivity index (χ0v) is 23.0. The third-order valence-electron chi connectivity index (χ3n) is 7.01. The summed E-state index contributed by atoms with van der Waals surface area (Å²) in [7, 11) is 3.18. The van der Waals surface area contributed by atoms with Crippen LogP contribution < -0.4 is 14.4 Å². The summed E-state index contributed by atoms with van der Waals surface area (Å²) in [6.45, 7) is 10.4. The first-order valence-corrected chi connectivity index (χ1v) is 12.7. The number of ether oxygens (including phenoxy) is 2. The molecule has 0 aliphatic carbocycles. The van der Waals surface area contributed by atoms with Crippen LogP contribution in [0.15, 0.2) is 72.3 Å². The van der Waals surface area contributed by atoms with Crippen molar-refractivity contribution in [3.8, 4) is 11.5 Å². The van der Waals surface area contributed by atoms with Gasteiger partial charge in [0.1, 0.15) is 17.3 Å². The molecule has 1 saturated heterocycles. The molecule has 6 heteroatoms. The van der Waals surface area contributed by atoms with Crippen LogP contribution in [0.1, 0.15) is 68.8 Å². The van der Waals surface area contributed by atoms with Gasteiger partial charge in [-0.05, 0) is 70.5 Å². The fraction of sp³-hybridized carbons (Fsp3) is 0.312. The maximum Gasteiger partial charge on any atom is 0.300 e. The summed E-state index contributed by atoms with van der Waals surface area (Å²) in [6, 6.07) is 19.3. The molecule has 1 aliphatic rings. The van der Waals surface area contributed by atoms with Crippen molar-refractivity contribution in [2.45, 2.75) is 52.0 Å². The number of Topliss-reactive ketones (excluding diaryl/α,β-unsaturated/α-hetero) is 1. The number of anilines is 1. The standard InChI is InChI=1S/C32H35NO5/c1-19(2)25-18-21(10-17-26(25)38-7)29(34)27-28(20-8-15-24(37-6)16-9-20)33(31(36)30(27)35)23-13-11-22(12-14-23)32(3,4)5/h8-19,28,34H,1-7H3/b29-27-. The van der Waals surface area contributed by atoms with E-state index in [1.165, 1.54) is 4.90 Å². The number of carbonyl (C=O) groups is 2. The average Bonchev–Trinajstić information content (AvgIpc) is 3.17. The lowest BCUT2D eigenvalue weighted by Gasteiger charge is -2.27. The number of ketones is 1. The van der Waals surface area contributed by atoms with Crippen molar-refractivity contribution in [1.29, 1.82) is 0 Å². The third-order valence-corrected chi connectivity index (χ3v) is 7.01. The number of rotatable bonds is 6. The molecule has 3 aromatic rings. The molecule has 198 valence electrons. The Balaban J connectivity index is 1.91. The van der Waals surface area contributed by atoms with Crippen LogP contribution in [0.4, 0.5) is 5.69 Å². The minimum atomic E-state index is -0.814. The first-order valence-electron chi connectivity index (χ1n) is 12.7. The second-order valence-electron chi connectivity index (χ2n) is 10.9. The van der Waals surface area contributed by atoms with Gasteiger partial charge in [0.2, 0.25) is 0 Å². The normalized spacial score (nSPS) is 17.3. The monoisotopic (exact) mass is 513 g/mol. The van der Waals surface area contributed by atoms with Gasteiger partial charge < -0.3 is 14.6 Å². The Labute approximate surface area is 224 Å². The smallest absolute Gasteiger partial charge is 0.300 e. The van der Waals surface area contributed by atoms with E-state index in [-0.39, 0.29) is 22.7 Å². The van der Waals surface area contributed by atoms with E-state index in [1.807, 2.05) is 56.3 Å². The average molecular weight is 514 g/mol. The molecule has 1 atom stereocenters. The Morgan fingerprint density at radius 1 is 0.895 bits per heavy atom. The Hall–Kier alpha value is -4.06. The molecule has 6 nitrogen and oxygen atoms in total. The van der Waals surface area contributed by atoms with Gasteiger partial charge in [0, 0.05) is 11.3 Å². The van der Waals surface area contributed by atoms with Crippen LogP contribution in [0, 0.1) is 0 Å². The van der Waals surface area contributed by atoms with Gasteiger partial charge in [0.15, 0.2) is 0 Å². The molecule has 0 aromatic heterocycles. The highest BCUT2D eigenvalue weighted by Gasteiger charge is 2.47. The van der Waals surface area contributed by atoms with Crippen molar-refractivity contribution in [2.24, 2.45) is 0 Å². The van der Waals surface area contributed by atoms with E-state index in [1.54, 1.807) is 38.5 Å². The number of benzene rings is 3. The van der Waals surface area contributed by atoms with Gasteiger partial charge in [-0.3, -0.25) is 14.5 Å². The minimum Gasteiger partial charge on any atom is -0.507 e.